The van der Waals surface area contributed by atoms with Crippen LogP contribution < -0.4 is 0 Å². The molecule has 1 aliphatic heterocycles. The topological polar surface area (TPSA) is 30.7 Å². The maximum Gasteiger partial charge on any atom is 0.165 e. The van der Waals surface area contributed by atoms with E-state index in [0.717, 1.165) is 23.4 Å². The van der Waals surface area contributed by atoms with Crippen molar-refractivity contribution in [3.05, 3.63) is 41.7 Å². The fourth-order valence-corrected chi connectivity index (χ4v) is 4.95. The van der Waals surface area contributed by atoms with Crippen LogP contribution in [0.4, 0.5) is 0 Å². The molecule has 1 aliphatic rings. The van der Waals surface area contributed by atoms with Gasteiger partial charge >= 0.3 is 0 Å². The second kappa shape index (κ2) is 5.81. The number of thiophene rings is 1. The Hall–Kier alpha value is -1.33. The van der Waals surface area contributed by atoms with Gasteiger partial charge in [-0.2, -0.15) is 11.8 Å². The molecule has 1 fully saturated rings. The van der Waals surface area contributed by atoms with Crippen molar-refractivity contribution >= 4 is 34.3 Å². The van der Waals surface area contributed by atoms with Gasteiger partial charge in [0.2, 0.25) is 0 Å². The van der Waals surface area contributed by atoms with Crippen molar-refractivity contribution in [2.45, 2.75) is 30.9 Å². The number of aromatic nitrogens is 3. The van der Waals surface area contributed by atoms with E-state index in [1.807, 2.05) is 12.3 Å². The zero-order valence-corrected chi connectivity index (χ0v) is 13.4. The Labute approximate surface area is 132 Å². The van der Waals surface area contributed by atoms with E-state index in [9.17, 15) is 0 Å². The number of rotatable bonds is 3. The first-order valence-corrected chi connectivity index (χ1v) is 9.32. The molecule has 3 nitrogen and oxygen atoms in total. The Morgan fingerprint density at radius 3 is 3.05 bits per heavy atom. The van der Waals surface area contributed by atoms with Crippen molar-refractivity contribution in [3.63, 3.8) is 0 Å². The molecule has 1 saturated heterocycles. The molecule has 1 unspecified atom stereocenters. The Balaban J connectivity index is 1.78. The highest BCUT2D eigenvalue weighted by Crippen LogP contribution is 2.30. The lowest BCUT2D eigenvalue weighted by Crippen LogP contribution is -2.15. The average molecular weight is 315 g/mol. The molecule has 4 rings (SSSR count). The van der Waals surface area contributed by atoms with E-state index in [1.165, 1.54) is 30.0 Å². The second-order valence-corrected chi connectivity index (χ2v) is 7.69. The van der Waals surface area contributed by atoms with Gasteiger partial charge in [0, 0.05) is 17.9 Å². The monoisotopic (exact) mass is 315 g/mol. The number of hydrogen-bond acceptors (Lipinski definition) is 4. The van der Waals surface area contributed by atoms with Gasteiger partial charge in [-0.25, -0.2) is 9.97 Å². The highest BCUT2D eigenvalue weighted by atomic mass is 32.2. The average Bonchev–Trinajstić information content (AvgIpc) is 3.14. The molecule has 0 N–H and O–H groups in total. The number of hydrogen-bond donors (Lipinski definition) is 0. The molecule has 0 saturated carbocycles. The fourth-order valence-electron chi connectivity index (χ4n) is 2.90. The van der Waals surface area contributed by atoms with Crippen LogP contribution in [0.2, 0.25) is 0 Å². The summed E-state index contributed by atoms with van der Waals surface area (Å²) < 4.78 is 2.25. The zero-order valence-electron chi connectivity index (χ0n) is 11.7. The minimum atomic E-state index is 0.703. The second-order valence-electron chi connectivity index (χ2n) is 5.35. The third kappa shape index (κ3) is 2.60. The van der Waals surface area contributed by atoms with Crippen LogP contribution in [0.3, 0.4) is 0 Å². The Kier molecular flexibility index (Phi) is 3.69. The van der Waals surface area contributed by atoms with Crippen LogP contribution in [0, 0.1) is 0 Å². The number of imidazole rings is 1. The highest BCUT2D eigenvalue weighted by molar-refractivity contribution is 7.99. The minimum absolute atomic E-state index is 0.703. The van der Waals surface area contributed by atoms with E-state index >= 15 is 0 Å². The lowest BCUT2D eigenvalue weighted by Gasteiger charge is -2.21. The number of nitrogens with zero attached hydrogens (tertiary/aromatic N) is 3. The predicted molar refractivity (Wildman–Crippen MR) is 90.5 cm³/mol. The van der Waals surface area contributed by atoms with Gasteiger partial charge in [0.05, 0.1) is 0 Å². The Morgan fingerprint density at radius 1 is 1.24 bits per heavy atom. The van der Waals surface area contributed by atoms with Gasteiger partial charge in [0.15, 0.2) is 5.65 Å². The van der Waals surface area contributed by atoms with Gasteiger partial charge in [-0.1, -0.05) is 6.42 Å². The summed E-state index contributed by atoms with van der Waals surface area (Å²) >= 11 is 3.85. The van der Waals surface area contributed by atoms with Crippen molar-refractivity contribution in [1.29, 1.82) is 0 Å². The standard InChI is InChI=1S/C16H17N3S2/c1-2-9-20-12(5-1)11-14-18-13-6-3-8-17-16(13)19(14)15-7-4-10-21-15/h3-4,6-8,10,12H,1-2,5,9,11H2. The molecule has 3 aromatic rings. The van der Waals surface area contributed by atoms with Crippen LogP contribution in [-0.2, 0) is 6.42 Å². The van der Waals surface area contributed by atoms with Crippen LogP contribution in [0.5, 0.6) is 0 Å². The van der Waals surface area contributed by atoms with Gasteiger partial charge < -0.3 is 0 Å². The maximum atomic E-state index is 4.86. The zero-order chi connectivity index (χ0) is 14.1. The molecule has 0 spiro atoms. The summed E-state index contributed by atoms with van der Waals surface area (Å²) in [6.45, 7) is 0. The molecule has 0 aliphatic carbocycles. The van der Waals surface area contributed by atoms with Crippen LogP contribution in [0.1, 0.15) is 25.1 Å². The van der Waals surface area contributed by atoms with Crippen LogP contribution in [0.15, 0.2) is 35.8 Å². The molecule has 0 bridgehead atoms. The van der Waals surface area contributed by atoms with Gasteiger partial charge in [-0.15, -0.1) is 11.3 Å². The highest BCUT2D eigenvalue weighted by Gasteiger charge is 2.20. The van der Waals surface area contributed by atoms with E-state index in [4.69, 9.17) is 4.98 Å². The van der Waals surface area contributed by atoms with Gasteiger partial charge in [-0.05, 0) is 48.2 Å². The minimum Gasteiger partial charge on any atom is -0.271 e. The van der Waals surface area contributed by atoms with E-state index in [2.05, 4.69) is 44.9 Å². The molecule has 0 amide bonds. The van der Waals surface area contributed by atoms with E-state index in [0.29, 0.717) is 5.25 Å². The third-order valence-electron chi connectivity index (χ3n) is 3.90. The number of thioether (sulfide) groups is 1. The summed E-state index contributed by atoms with van der Waals surface area (Å²) in [7, 11) is 0. The SMILES string of the molecule is c1csc(-n2c(CC3CCCCS3)nc3cccnc32)c1. The molecular formula is C16H17N3S2. The van der Waals surface area contributed by atoms with Gasteiger partial charge in [0.1, 0.15) is 16.3 Å². The van der Waals surface area contributed by atoms with Crippen molar-refractivity contribution in [2.24, 2.45) is 0 Å². The molecule has 1 atom stereocenters. The molecule has 0 aromatic carbocycles. The molecule has 0 radical (unpaired) electrons. The summed E-state index contributed by atoms with van der Waals surface area (Å²) in [6, 6.07) is 8.27. The van der Waals surface area contributed by atoms with Crippen molar-refractivity contribution in [3.8, 4) is 5.00 Å². The summed E-state index contributed by atoms with van der Waals surface area (Å²) in [5.41, 5.74) is 1.98. The largest absolute Gasteiger partial charge is 0.271 e. The van der Waals surface area contributed by atoms with Crippen molar-refractivity contribution in [1.82, 2.24) is 14.5 Å². The summed E-state index contributed by atoms with van der Waals surface area (Å²) in [4.78, 5) is 9.41. The van der Waals surface area contributed by atoms with Gasteiger partial charge in [0.25, 0.3) is 0 Å². The van der Waals surface area contributed by atoms with E-state index < -0.39 is 0 Å². The third-order valence-corrected chi connectivity index (χ3v) is 6.15. The summed E-state index contributed by atoms with van der Waals surface area (Å²) in [6.07, 6.45) is 6.93. The first-order chi connectivity index (χ1) is 10.4. The van der Waals surface area contributed by atoms with Crippen LogP contribution in [-0.4, -0.2) is 25.5 Å². The fraction of sp³-hybridized carbons (Fsp3) is 0.375. The number of pyridine rings is 1. The smallest absolute Gasteiger partial charge is 0.165 e. The molecule has 4 heterocycles. The van der Waals surface area contributed by atoms with E-state index in [-0.39, 0.29) is 0 Å². The molecule has 5 heteroatoms. The lowest BCUT2D eigenvalue weighted by atomic mass is 10.1. The number of fused-ring (bicyclic) bond motifs is 1. The summed E-state index contributed by atoms with van der Waals surface area (Å²) in [5.74, 6) is 2.45. The normalized spacial score (nSPS) is 19.1. The van der Waals surface area contributed by atoms with E-state index in [1.54, 1.807) is 11.3 Å². The Morgan fingerprint density at radius 2 is 2.24 bits per heavy atom. The first kappa shape index (κ1) is 13.3. The molecule has 21 heavy (non-hydrogen) atoms. The predicted octanol–water partition coefficient (Wildman–Crippen LogP) is 4.31. The molecule has 108 valence electrons. The Bertz CT molecular complexity index is 727. The van der Waals surface area contributed by atoms with Crippen LogP contribution in [0.25, 0.3) is 16.2 Å². The maximum absolute atomic E-state index is 4.86. The van der Waals surface area contributed by atoms with Crippen molar-refractivity contribution in [2.75, 3.05) is 5.75 Å². The molecule has 3 aromatic heterocycles. The van der Waals surface area contributed by atoms with Crippen molar-refractivity contribution < 1.29 is 0 Å². The lowest BCUT2D eigenvalue weighted by molar-refractivity contribution is 0.645. The first-order valence-electron chi connectivity index (χ1n) is 7.39. The summed E-state index contributed by atoms with van der Waals surface area (Å²) in [5, 5.41) is 4.03. The quantitative estimate of drug-likeness (QED) is 0.721. The van der Waals surface area contributed by atoms with Gasteiger partial charge in [-0.3, -0.25) is 4.57 Å². The molecular weight excluding hydrogens is 298 g/mol. The van der Waals surface area contributed by atoms with Crippen LogP contribution >= 0.6 is 23.1 Å².